The molecule has 0 saturated heterocycles. The van der Waals surface area contributed by atoms with E-state index in [4.69, 9.17) is 10.5 Å². The van der Waals surface area contributed by atoms with Crippen molar-refractivity contribution >= 4 is 15.9 Å². The first-order valence-electron chi connectivity index (χ1n) is 4.54. The van der Waals surface area contributed by atoms with Crippen molar-refractivity contribution in [2.45, 2.75) is 13.0 Å². The largest absolute Gasteiger partial charge is 0.380 e. The summed E-state index contributed by atoms with van der Waals surface area (Å²) in [5.74, 6) is -1.81. The summed E-state index contributed by atoms with van der Waals surface area (Å²) in [5, 5.41) is 0. The molecule has 1 atom stereocenters. The third kappa shape index (κ3) is 2.96. The van der Waals surface area contributed by atoms with E-state index < -0.39 is 17.7 Å². The van der Waals surface area contributed by atoms with Crippen LogP contribution in [0.5, 0.6) is 0 Å². The maximum absolute atomic E-state index is 13.2. The summed E-state index contributed by atoms with van der Waals surface area (Å²) in [6, 6.07) is 2.04. The van der Waals surface area contributed by atoms with Gasteiger partial charge in [-0.05, 0) is 34.5 Å². The Morgan fingerprint density at radius 3 is 2.73 bits per heavy atom. The highest BCUT2D eigenvalue weighted by Gasteiger charge is 2.16. The predicted molar refractivity (Wildman–Crippen MR) is 57.5 cm³/mol. The maximum atomic E-state index is 13.2. The first-order chi connectivity index (χ1) is 7.07. The van der Waals surface area contributed by atoms with Crippen LogP contribution in [0.4, 0.5) is 8.78 Å². The molecule has 0 radical (unpaired) electrons. The molecule has 0 amide bonds. The zero-order valence-electron chi connectivity index (χ0n) is 8.27. The SMILES string of the molecule is CCOCC(N)c1ccc(F)c(F)c1Br. The van der Waals surface area contributed by atoms with E-state index in [0.717, 1.165) is 6.07 Å². The highest BCUT2D eigenvalue weighted by Crippen LogP contribution is 2.26. The summed E-state index contributed by atoms with van der Waals surface area (Å²) in [6.45, 7) is 2.65. The molecule has 15 heavy (non-hydrogen) atoms. The summed E-state index contributed by atoms with van der Waals surface area (Å²) < 4.78 is 31.1. The molecule has 0 aliphatic rings. The zero-order chi connectivity index (χ0) is 11.4. The minimum absolute atomic E-state index is 0.0645. The second kappa shape index (κ2) is 5.53. The van der Waals surface area contributed by atoms with Gasteiger partial charge in [0.25, 0.3) is 0 Å². The van der Waals surface area contributed by atoms with Crippen molar-refractivity contribution in [2.75, 3.05) is 13.2 Å². The van der Waals surface area contributed by atoms with Gasteiger partial charge in [0.1, 0.15) is 0 Å². The second-order valence-corrected chi connectivity index (χ2v) is 3.82. The lowest BCUT2D eigenvalue weighted by atomic mass is 10.1. The molecule has 0 aromatic heterocycles. The number of halogens is 3. The lowest BCUT2D eigenvalue weighted by Crippen LogP contribution is -2.18. The summed E-state index contributed by atoms with van der Waals surface area (Å²) in [7, 11) is 0. The molecule has 0 fully saturated rings. The number of hydrogen-bond acceptors (Lipinski definition) is 2. The number of benzene rings is 1. The van der Waals surface area contributed by atoms with Crippen molar-refractivity contribution in [3.8, 4) is 0 Å². The number of ether oxygens (including phenoxy) is 1. The van der Waals surface area contributed by atoms with Crippen LogP contribution < -0.4 is 5.73 Å². The van der Waals surface area contributed by atoms with Crippen LogP contribution in [0.15, 0.2) is 16.6 Å². The van der Waals surface area contributed by atoms with E-state index >= 15 is 0 Å². The van der Waals surface area contributed by atoms with Crippen LogP contribution >= 0.6 is 15.9 Å². The van der Waals surface area contributed by atoms with Gasteiger partial charge < -0.3 is 10.5 Å². The van der Waals surface area contributed by atoms with Gasteiger partial charge in [0, 0.05) is 6.61 Å². The van der Waals surface area contributed by atoms with Gasteiger partial charge in [0.05, 0.1) is 17.1 Å². The van der Waals surface area contributed by atoms with Gasteiger partial charge in [-0.1, -0.05) is 6.07 Å². The normalized spacial score (nSPS) is 12.9. The Kier molecular flexibility index (Phi) is 4.63. The molecule has 0 saturated carbocycles. The van der Waals surface area contributed by atoms with Gasteiger partial charge in [0.2, 0.25) is 0 Å². The molecular formula is C10H12BrF2NO. The van der Waals surface area contributed by atoms with Crippen LogP contribution in [0.1, 0.15) is 18.5 Å². The minimum atomic E-state index is -0.917. The standard InChI is InChI=1S/C10H12BrF2NO/c1-2-15-5-8(14)6-3-4-7(12)10(13)9(6)11/h3-4,8H,2,5,14H2,1H3. The lowest BCUT2D eigenvalue weighted by molar-refractivity contribution is 0.133. The summed E-state index contributed by atoms with van der Waals surface area (Å²) in [6.07, 6.45) is 0. The van der Waals surface area contributed by atoms with E-state index in [1.165, 1.54) is 6.07 Å². The second-order valence-electron chi connectivity index (χ2n) is 3.03. The Bertz CT molecular complexity index is 346. The van der Waals surface area contributed by atoms with Crippen LogP contribution in [0, 0.1) is 11.6 Å². The molecule has 1 rings (SSSR count). The van der Waals surface area contributed by atoms with Crippen molar-refractivity contribution in [3.05, 3.63) is 33.8 Å². The van der Waals surface area contributed by atoms with Crippen LogP contribution in [-0.4, -0.2) is 13.2 Å². The van der Waals surface area contributed by atoms with E-state index in [1.54, 1.807) is 0 Å². The average molecular weight is 280 g/mol. The Morgan fingerprint density at radius 2 is 2.13 bits per heavy atom. The van der Waals surface area contributed by atoms with Gasteiger partial charge in [-0.2, -0.15) is 0 Å². The van der Waals surface area contributed by atoms with E-state index in [-0.39, 0.29) is 11.1 Å². The number of nitrogens with two attached hydrogens (primary N) is 1. The van der Waals surface area contributed by atoms with Crippen LogP contribution in [0.2, 0.25) is 0 Å². The quantitative estimate of drug-likeness (QED) is 0.861. The van der Waals surface area contributed by atoms with Crippen LogP contribution in [0.3, 0.4) is 0 Å². The molecule has 1 aromatic rings. The summed E-state index contributed by atoms with van der Waals surface area (Å²) in [4.78, 5) is 0. The van der Waals surface area contributed by atoms with E-state index in [2.05, 4.69) is 15.9 Å². The van der Waals surface area contributed by atoms with Crippen LogP contribution in [-0.2, 0) is 4.74 Å². The summed E-state index contributed by atoms with van der Waals surface area (Å²) >= 11 is 2.97. The molecule has 0 aliphatic heterocycles. The maximum Gasteiger partial charge on any atom is 0.173 e. The minimum Gasteiger partial charge on any atom is -0.380 e. The fraction of sp³-hybridized carbons (Fsp3) is 0.400. The highest BCUT2D eigenvalue weighted by molar-refractivity contribution is 9.10. The first-order valence-corrected chi connectivity index (χ1v) is 5.34. The smallest absolute Gasteiger partial charge is 0.173 e. The lowest BCUT2D eigenvalue weighted by Gasteiger charge is -2.14. The molecule has 84 valence electrons. The van der Waals surface area contributed by atoms with Gasteiger partial charge in [-0.25, -0.2) is 8.78 Å². The summed E-state index contributed by atoms with van der Waals surface area (Å²) in [5.41, 5.74) is 6.26. The molecular weight excluding hydrogens is 268 g/mol. The molecule has 2 N–H and O–H groups in total. The van der Waals surface area contributed by atoms with Gasteiger partial charge >= 0.3 is 0 Å². The van der Waals surface area contributed by atoms with Gasteiger partial charge in [-0.15, -0.1) is 0 Å². The molecule has 0 spiro atoms. The van der Waals surface area contributed by atoms with Crippen molar-refractivity contribution < 1.29 is 13.5 Å². The molecule has 0 aliphatic carbocycles. The van der Waals surface area contributed by atoms with Gasteiger partial charge in [0.15, 0.2) is 11.6 Å². The Morgan fingerprint density at radius 1 is 1.47 bits per heavy atom. The highest BCUT2D eigenvalue weighted by atomic mass is 79.9. The molecule has 1 aromatic carbocycles. The Balaban J connectivity index is 2.90. The molecule has 0 heterocycles. The molecule has 1 unspecified atom stereocenters. The van der Waals surface area contributed by atoms with Crippen molar-refractivity contribution in [3.63, 3.8) is 0 Å². The zero-order valence-corrected chi connectivity index (χ0v) is 9.85. The van der Waals surface area contributed by atoms with Crippen molar-refractivity contribution in [2.24, 2.45) is 5.73 Å². The van der Waals surface area contributed by atoms with Gasteiger partial charge in [-0.3, -0.25) is 0 Å². The van der Waals surface area contributed by atoms with Crippen molar-refractivity contribution in [1.82, 2.24) is 0 Å². The molecule has 0 bridgehead atoms. The predicted octanol–water partition coefficient (Wildman–Crippen LogP) is 2.76. The molecule has 5 heteroatoms. The number of hydrogen-bond donors (Lipinski definition) is 1. The fourth-order valence-corrected chi connectivity index (χ4v) is 1.78. The monoisotopic (exact) mass is 279 g/mol. The fourth-order valence-electron chi connectivity index (χ4n) is 1.16. The average Bonchev–Trinajstić information content (AvgIpc) is 2.23. The number of rotatable bonds is 4. The Labute approximate surface area is 95.5 Å². The van der Waals surface area contributed by atoms with Crippen molar-refractivity contribution in [1.29, 1.82) is 0 Å². The van der Waals surface area contributed by atoms with E-state index in [0.29, 0.717) is 12.2 Å². The Hall–Kier alpha value is -0.520. The van der Waals surface area contributed by atoms with Crippen LogP contribution in [0.25, 0.3) is 0 Å². The van der Waals surface area contributed by atoms with E-state index in [9.17, 15) is 8.78 Å². The molecule has 2 nitrogen and oxygen atoms in total. The topological polar surface area (TPSA) is 35.2 Å². The van der Waals surface area contributed by atoms with E-state index in [1.807, 2.05) is 6.92 Å². The third-order valence-corrected chi connectivity index (χ3v) is 2.77. The first kappa shape index (κ1) is 12.5. The third-order valence-electron chi connectivity index (χ3n) is 1.97.